The number of hydrogen-bond donors (Lipinski definition) is 2. The van der Waals surface area contributed by atoms with E-state index in [9.17, 15) is 8.42 Å². The van der Waals surface area contributed by atoms with Crippen LogP contribution in [0.3, 0.4) is 0 Å². The molecule has 0 aliphatic heterocycles. The van der Waals surface area contributed by atoms with E-state index >= 15 is 0 Å². The predicted molar refractivity (Wildman–Crippen MR) is 73.2 cm³/mol. The molecule has 6 nitrogen and oxygen atoms in total. The highest BCUT2D eigenvalue weighted by atomic mass is 32.2. The number of anilines is 2. The molecule has 0 aromatic carbocycles. The van der Waals surface area contributed by atoms with Gasteiger partial charge in [0.15, 0.2) is 10.7 Å². The minimum atomic E-state index is -3.55. The van der Waals surface area contributed by atoms with Gasteiger partial charge >= 0.3 is 0 Å². The molecular formula is C10H18N4O2S2. The Morgan fingerprint density at radius 3 is 2.61 bits per heavy atom. The first kappa shape index (κ1) is 13.6. The molecule has 0 atom stereocenters. The van der Waals surface area contributed by atoms with E-state index in [-0.39, 0.29) is 16.1 Å². The van der Waals surface area contributed by atoms with E-state index in [4.69, 9.17) is 5.73 Å². The third kappa shape index (κ3) is 2.45. The van der Waals surface area contributed by atoms with Gasteiger partial charge in [0, 0.05) is 20.6 Å². The van der Waals surface area contributed by atoms with Gasteiger partial charge in [-0.25, -0.2) is 12.7 Å². The fourth-order valence-electron chi connectivity index (χ4n) is 1.52. The van der Waals surface area contributed by atoms with Crippen LogP contribution in [0.1, 0.15) is 19.8 Å². The van der Waals surface area contributed by atoms with E-state index in [1.54, 1.807) is 0 Å². The van der Waals surface area contributed by atoms with Crippen LogP contribution in [0.15, 0.2) is 4.90 Å². The molecule has 1 aromatic rings. The normalized spacial score (nSPS) is 18.0. The summed E-state index contributed by atoms with van der Waals surface area (Å²) in [6.45, 7) is 2.93. The third-order valence-corrected chi connectivity index (χ3v) is 6.03. The van der Waals surface area contributed by atoms with Crippen molar-refractivity contribution in [1.29, 1.82) is 0 Å². The van der Waals surface area contributed by atoms with Gasteiger partial charge in [0.1, 0.15) is 5.00 Å². The first-order valence-corrected chi connectivity index (χ1v) is 7.89. The van der Waals surface area contributed by atoms with Gasteiger partial charge in [-0.15, -0.1) is 0 Å². The molecule has 1 saturated carbocycles. The summed E-state index contributed by atoms with van der Waals surface area (Å²) >= 11 is 1.10. The van der Waals surface area contributed by atoms with Crippen molar-refractivity contribution in [3.8, 4) is 0 Å². The summed E-state index contributed by atoms with van der Waals surface area (Å²) in [7, 11) is -0.579. The molecule has 0 bridgehead atoms. The summed E-state index contributed by atoms with van der Waals surface area (Å²) in [5.74, 6) is 0.0668. The van der Waals surface area contributed by atoms with Crippen LogP contribution in [0, 0.1) is 5.41 Å². The number of nitrogens with two attached hydrogens (primary N) is 1. The molecule has 0 saturated heterocycles. The van der Waals surface area contributed by atoms with E-state index < -0.39 is 10.0 Å². The highest BCUT2D eigenvalue weighted by Crippen LogP contribution is 2.45. The minimum absolute atomic E-state index is 0.0668. The molecule has 0 spiro atoms. The van der Waals surface area contributed by atoms with Crippen molar-refractivity contribution in [2.24, 2.45) is 5.41 Å². The van der Waals surface area contributed by atoms with Crippen LogP contribution in [0.25, 0.3) is 0 Å². The number of nitrogens with one attached hydrogen (secondary N) is 1. The molecule has 18 heavy (non-hydrogen) atoms. The topological polar surface area (TPSA) is 88.3 Å². The van der Waals surface area contributed by atoms with E-state index in [0.29, 0.717) is 5.00 Å². The lowest BCUT2D eigenvalue weighted by atomic mass is 10.1. The zero-order valence-corrected chi connectivity index (χ0v) is 12.4. The average molecular weight is 290 g/mol. The smallest absolute Gasteiger partial charge is 0.249 e. The molecule has 1 aliphatic carbocycles. The van der Waals surface area contributed by atoms with Gasteiger partial charge in [-0.3, -0.25) is 0 Å². The second-order valence-electron chi connectivity index (χ2n) is 5.18. The fraction of sp³-hybridized carbons (Fsp3) is 0.700. The maximum Gasteiger partial charge on any atom is 0.249 e. The summed E-state index contributed by atoms with van der Waals surface area (Å²) in [5, 5.41) is 3.70. The molecule has 3 N–H and O–H groups in total. The number of hydrogen-bond acceptors (Lipinski definition) is 6. The first-order valence-electron chi connectivity index (χ1n) is 5.68. The lowest BCUT2D eigenvalue weighted by Gasteiger charge is -2.14. The van der Waals surface area contributed by atoms with Gasteiger partial charge in [-0.1, -0.05) is 6.92 Å². The molecule has 0 amide bonds. The number of aromatic nitrogens is 1. The SMILES string of the molecule is CN(C)S(=O)(=O)c1c(N)nsc1NCC1(C)CC1. The molecule has 1 aromatic heterocycles. The van der Waals surface area contributed by atoms with Crippen LogP contribution < -0.4 is 11.1 Å². The van der Waals surface area contributed by atoms with E-state index in [1.807, 2.05) is 0 Å². The van der Waals surface area contributed by atoms with Crippen molar-refractivity contribution in [2.75, 3.05) is 31.7 Å². The van der Waals surface area contributed by atoms with Gasteiger partial charge < -0.3 is 11.1 Å². The number of sulfonamides is 1. The molecular weight excluding hydrogens is 272 g/mol. The van der Waals surface area contributed by atoms with Crippen LogP contribution in [-0.4, -0.2) is 37.7 Å². The van der Waals surface area contributed by atoms with E-state index in [1.165, 1.54) is 26.9 Å². The molecule has 2 rings (SSSR count). The summed E-state index contributed by atoms with van der Waals surface area (Å²) in [6.07, 6.45) is 2.34. The van der Waals surface area contributed by atoms with Crippen LogP contribution in [0.5, 0.6) is 0 Å². The number of rotatable bonds is 5. The van der Waals surface area contributed by atoms with Crippen molar-refractivity contribution < 1.29 is 8.42 Å². The lowest BCUT2D eigenvalue weighted by Crippen LogP contribution is -2.24. The highest BCUT2D eigenvalue weighted by molar-refractivity contribution is 7.89. The van der Waals surface area contributed by atoms with Crippen LogP contribution >= 0.6 is 11.5 Å². The Bertz CT molecular complexity index is 546. The van der Waals surface area contributed by atoms with Crippen LogP contribution in [-0.2, 0) is 10.0 Å². The Labute approximate surface area is 111 Å². The quantitative estimate of drug-likeness (QED) is 0.850. The summed E-state index contributed by atoms with van der Waals surface area (Å²) in [5.41, 5.74) is 5.96. The summed E-state index contributed by atoms with van der Waals surface area (Å²) < 4.78 is 29.4. The Hall–Kier alpha value is -0.860. The van der Waals surface area contributed by atoms with Gasteiger partial charge in [0.05, 0.1) is 0 Å². The van der Waals surface area contributed by atoms with Crippen molar-refractivity contribution in [3.05, 3.63) is 0 Å². The average Bonchev–Trinajstić information content (AvgIpc) is 2.87. The zero-order chi connectivity index (χ0) is 13.6. The molecule has 1 aliphatic rings. The van der Waals surface area contributed by atoms with Gasteiger partial charge in [-0.05, 0) is 29.8 Å². The van der Waals surface area contributed by atoms with Crippen molar-refractivity contribution in [3.63, 3.8) is 0 Å². The molecule has 1 fully saturated rings. The Morgan fingerprint density at radius 1 is 1.50 bits per heavy atom. The monoisotopic (exact) mass is 290 g/mol. The van der Waals surface area contributed by atoms with E-state index in [0.717, 1.165) is 22.4 Å². The summed E-state index contributed by atoms with van der Waals surface area (Å²) in [6, 6.07) is 0. The second-order valence-corrected chi connectivity index (χ2v) is 8.04. The van der Waals surface area contributed by atoms with Crippen LogP contribution in [0.4, 0.5) is 10.8 Å². The molecule has 0 radical (unpaired) electrons. The first-order chi connectivity index (χ1) is 8.26. The number of nitrogens with zero attached hydrogens (tertiary/aromatic N) is 2. The summed E-state index contributed by atoms with van der Waals surface area (Å²) in [4.78, 5) is 0.0988. The Kier molecular flexibility index (Phi) is 3.28. The van der Waals surface area contributed by atoms with Crippen molar-refractivity contribution in [1.82, 2.24) is 8.68 Å². The minimum Gasteiger partial charge on any atom is -0.382 e. The van der Waals surface area contributed by atoms with Crippen molar-refractivity contribution >= 4 is 32.4 Å². The second kappa shape index (κ2) is 4.36. The van der Waals surface area contributed by atoms with Gasteiger partial charge in [0.2, 0.25) is 10.0 Å². The molecule has 102 valence electrons. The molecule has 8 heteroatoms. The van der Waals surface area contributed by atoms with Crippen LogP contribution in [0.2, 0.25) is 0 Å². The predicted octanol–water partition coefficient (Wildman–Crippen LogP) is 1.19. The highest BCUT2D eigenvalue weighted by Gasteiger charge is 2.37. The van der Waals surface area contributed by atoms with Crippen molar-refractivity contribution in [2.45, 2.75) is 24.7 Å². The maximum atomic E-state index is 12.1. The maximum absolute atomic E-state index is 12.1. The van der Waals surface area contributed by atoms with E-state index in [2.05, 4.69) is 16.6 Å². The Morgan fingerprint density at radius 2 is 2.11 bits per heavy atom. The third-order valence-electron chi connectivity index (χ3n) is 3.19. The zero-order valence-electron chi connectivity index (χ0n) is 10.7. The number of nitrogen functional groups attached to an aromatic ring is 1. The molecule has 1 heterocycles. The Balaban J connectivity index is 2.27. The molecule has 0 unspecified atom stereocenters. The fourth-order valence-corrected chi connectivity index (χ4v) is 3.59. The largest absolute Gasteiger partial charge is 0.382 e. The standard InChI is InChI=1S/C10H18N4O2S2/c1-10(4-5-10)6-12-9-7(8(11)13-17-9)18(15,16)14(2)3/h12H,4-6H2,1-3H3,(H2,11,13). The lowest BCUT2D eigenvalue weighted by molar-refractivity contribution is 0.521. The van der Waals surface area contributed by atoms with Gasteiger partial charge in [-0.2, -0.15) is 4.37 Å². The van der Waals surface area contributed by atoms with Gasteiger partial charge in [0.25, 0.3) is 0 Å².